The molecule has 2 aliphatic rings. The fraction of sp³-hybridized carbons (Fsp3) is 0.333. The molecule has 0 unspecified atom stereocenters. The van der Waals surface area contributed by atoms with Gasteiger partial charge in [-0.15, -0.1) is 0 Å². The standard InChI is InChI=1S/C24H24N4O4S/c29-33(30,20-4-2-1-3-5-20)28-16-22(19-14-26-27-15-19)21-12-18(13-25-23(21)28)17-6-8-24(9-7-17)31-10-11-32-24/h1-5,12-17H,6-11H2,(H,26,27). The molecule has 33 heavy (non-hydrogen) atoms. The number of rotatable bonds is 4. The van der Waals surface area contributed by atoms with E-state index in [2.05, 4.69) is 21.2 Å². The van der Waals surface area contributed by atoms with Gasteiger partial charge in [0.05, 0.1) is 24.3 Å². The number of fused-ring (bicyclic) bond motifs is 1. The zero-order valence-corrected chi connectivity index (χ0v) is 18.8. The first-order chi connectivity index (χ1) is 16.1. The van der Waals surface area contributed by atoms with E-state index < -0.39 is 15.8 Å². The van der Waals surface area contributed by atoms with Crippen LogP contribution in [0.2, 0.25) is 0 Å². The normalized spacial score (nSPS) is 18.9. The summed E-state index contributed by atoms with van der Waals surface area (Å²) in [7, 11) is -3.80. The second-order valence-electron chi connectivity index (χ2n) is 8.67. The van der Waals surface area contributed by atoms with Crippen molar-refractivity contribution in [2.75, 3.05) is 13.2 Å². The Kier molecular flexibility index (Phi) is 4.86. The Hall–Kier alpha value is -3.01. The van der Waals surface area contributed by atoms with E-state index >= 15 is 0 Å². The summed E-state index contributed by atoms with van der Waals surface area (Å²) in [6.45, 7) is 1.32. The largest absolute Gasteiger partial charge is 0.348 e. The quantitative estimate of drug-likeness (QED) is 0.489. The Balaban J connectivity index is 1.43. The molecule has 4 heterocycles. The highest BCUT2D eigenvalue weighted by molar-refractivity contribution is 7.90. The third-order valence-electron chi connectivity index (χ3n) is 6.77. The maximum absolute atomic E-state index is 13.4. The van der Waals surface area contributed by atoms with Crippen molar-refractivity contribution < 1.29 is 17.9 Å². The molecule has 1 saturated heterocycles. The van der Waals surface area contributed by atoms with E-state index in [0.29, 0.717) is 24.8 Å². The van der Waals surface area contributed by atoms with Gasteiger partial charge in [0.25, 0.3) is 10.0 Å². The minimum absolute atomic E-state index is 0.223. The minimum Gasteiger partial charge on any atom is -0.348 e. The lowest BCUT2D eigenvalue weighted by molar-refractivity contribution is -0.178. The predicted octanol–water partition coefficient (Wildman–Crippen LogP) is 4.06. The molecule has 1 spiro atoms. The zero-order chi connectivity index (χ0) is 22.5. The van der Waals surface area contributed by atoms with Crippen LogP contribution in [0.25, 0.3) is 22.2 Å². The number of ether oxygens (including phenoxy) is 2. The van der Waals surface area contributed by atoms with Crippen molar-refractivity contribution in [2.24, 2.45) is 0 Å². The van der Waals surface area contributed by atoms with Gasteiger partial charge in [-0.05, 0) is 42.5 Å². The first-order valence-corrected chi connectivity index (χ1v) is 12.6. The van der Waals surface area contributed by atoms with E-state index in [4.69, 9.17) is 9.47 Å². The van der Waals surface area contributed by atoms with Crippen LogP contribution in [0.4, 0.5) is 0 Å². The van der Waals surface area contributed by atoms with E-state index in [1.54, 1.807) is 48.9 Å². The number of H-pyrrole nitrogens is 1. The third-order valence-corrected chi connectivity index (χ3v) is 8.44. The summed E-state index contributed by atoms with van der Waals surface area (Å²) in [5, 5.41) is 7.67. The number of pyridine rings is 1. The van der Waals surface area contributed by atoms with Crippen LogP contribution in [-0.2, 0) is 19.5 Å². The van der Waals surface area contributed by atoms with E-state index in [-0.39, 0.29) is 4.90 Å². The van der Waals surface area contributed by atoms with Crippen molar-refractivity contribution in [1.29, 1.82) is 0 Å². The lowest BCUT2D eigenvalue weighted by Crippen LogP contribution is -2.34. The van der Waals surface area contributed by atoms with Crippen molar-refractivity contribution in [3.63, 3.8) is 0 Å². The molecule has 1 N–H and O–H groups in total. The number of benzene rings is 1. The maximum Gasteiger partial charge on any atom is 0.269 e. The molecule has 170 valence electrons. The van der Waals surface area contributed by atoms with Crippen LogP contribution < -0.4 is 0 Å². The average molecular weight is 465 g/mol. The first-order valence-electron chi connectivity index (χ1n) is 11.1. The molecule has 1 saturated carbocycles. The molecule has 0 bridgehead atoms. The lowest BCUT2D eigenvalue weighted by Gasteiger charge is -2.35. The fourth-order valence-corrected chi connectivity index (χ4v) is 6.36. The summed E-state index contributed by atoms with van der Waals surface area (Å²) in [5.41, 5.74) is 3.11. The van der Waals surface area contributed by atoms with E-state index in [9.17, 15) is 8.42 Å². The Morgan fingerprint density at radius 1 is 1.06 bits per heavy atom. The summed E-state index contributed by atoms with van der Waals surface area (Å²) in [5.74, 6) is -0.0881. The molecular formula is C24H24N4O4S. The summed E-state index contributed by atoms with van der Waals surface area (Å²) in [4.78, 5) is 4.88. The first kappa shape index (κ1) is 20.6. The molecule has 1 aliphatic heterocycles. The number of hydrogen-bond acceptors (Lipinski definition) is 6. The summed E-state index contributed by atoms with van der Waals surface area (Å²) in [6.07, 6.45) is 10.5. The van der Waals surface area contributed by atoms with Gasteiger partial charge in [0.1, 0.15) is 0 Å². The van der Waals surface area contributed by atoms with Gasteiger partial charge in [0.2, 0.25) is 0 Å². The van der Waals surface area contributed by atoms with Gasteiger partial charge >= 0.3 is 0 Å². The van der Waals surface area contributed by atoms with Crippen LogP contribution in [0, 0.1) is 0 Å². The van der Waals surface area contributed by atoms with Gasteiger partial charge in [0, 0.05) is 47.9 Å². The van der Waals surface area contributed by atoms with Crippen LogP contribution >= 0.6 is 0 Å². The second-order valence-corrected chi connectivity index (χ2v) is 10.5. The Labute approximate surface area is 191 Å². The van der Waals surface area contributed by atoms with E-state index in [0.717, 1.165) is 47.8 Å². The molecule has 8 nitrogen and oxygen atoms in total. The SMILES string of the molecule is O=S(=O)(c1ccccc1)n1cc(-c2cn[nH]c2)c2cc(C3CCC4(CC3)OCCO4)cnc21. The zero-order valence-electron chi connectivity index (χ0n) is 18.0. The summed E-state index contributed by atoms with van der Waals surface area (Å²) in [6, 6.07) is 10.5. The average Bonchev–Trinajstić information content (AvgIpc) is 3.60. The van der Waals surface area contributed by atoms with Crippen LogP contribution in [-0.4, -0.2) is 46.6 Å². The lowest BCUT2D eigenvalue weighted by atomic mass is 9.81. The molecule has 0 amide bonds. The van der Waals surface area contributed by atoms with Crippen molar-refractivity contribution in [3.8, 4) is 11.1 Å². The molecule has 2 fully saturated rings. The number of nitrogens with one attached hydrogen (secondary N) is 1. The Morgan fingerprint density at radius 3 is 2.52 bits per heavy atom. The van der Waals surface area contributed by atoms with Crippen molar-refractivity contribution in [1.82, 2.24) is 19.2 Å². The molecule has 1 aliphatic carbocycles. The fourth-order valence-electron chi connectivity index (χ4n) is 5.01. The highest BCUT2D eigenvalue weighted by atomic mass is 32.2. The van der Waals surface area contributed by atoms with Crippen LogP contribution in [0.5, 0.6) is 0 Å². The van der Waals surface area contributed by atoms with Crippen LogP contribution in [0.15, 0.2) is 66.1 Å². The molecule has 3 aromatic heterocycles. The molecular weight excluding hydrogens is 440 g/mol. The summed E-state index contributed by atoms with van der Waals surface area (Å²) < 4.78 is 39.9. The van der Waals surface area contributed by atoms with Gasteiger partial charge in [-0.1, -0.05) is 18.2 Å². The van der Waals surface area contributed by atoms with Gasteiger partial charge in [-0.25, -0.2) is 17.4 Å². The molecule has 0 atom stereocenters. The topological polar surface area (TPSA) is 99.1 Å². The second kappa shape index (κ2) is 7.79. The van der Waals surface area contributed by atoms with E-state index in [1.165, 1.54) is 3.97 Å². The number of nitrogens with zero attached hydrogens (tertiary/aromatic N) is 3. The van der Waals surface area contributed by atoms with Crippen LogP contribution in [0.3, 0.4) is 0 Å². The van der Waals surface area contributed by atoms with Gasteiger partial charge in [-0.3, -0.25) is 5.10 Å². The van der Waals surface area contributed by atoms with Gasteiger partial charge in [0.15, 0.2) is 11.4 Å². The number of aromatic nitrogens is 4. The summed E-state index contributed by atoms with van der Waals surface area (Å²) >= 11 is 0. The van der Waals surface area contributed by atoms with Crippen molar-refractivity contribution in [3.05, 3.63) is 66.7 Å². The highest BCUT2D eigenvalue weighted by Crippen LogP contribution is 2.43. The van der Waals surface area contributed by atoms with Gasteiger partial charge in [-0.2, -0.15) is 5.10 Å². The maximum atomic E-state index is 13.4. The van der Waals surface area contributed by atoms with Gasteiger partial charge < -0.3 is 9.47 Å². The van der Waals surface area contributed by atoms with Crippen molar-refractivity contribution in [2.45, 2.75) is 42.3 Å². The smallest absolute Gasteiger partial charge is 0.269 e. The number of aromatic amines is 1. The molecule has 1 aromatic carbocycles. The Morgan fingerprint density at radius 2 is 1.82 bits per heavy atom. The molecule has 4 aromatic rings. The molecule has 6 rings (SSSR count). The number of hydrogen-bond donors (Lipinski definition) is 1. The van der Waals surface area contributed by atoms with Crippen LogP contribution in [0.1, 0.15) is 37.2 Å². The highest BCUT2D eigenvalue weighted by Gasteiger charge is 2.40. The Bertz CT molecular complexity index is 1380. The predicted molar refractivity (Wildman–Crippen MR) is 122 cm³/mol. The van der Waals surface area contributed by atoms with E-state index in [1.807, 2.05) is 6.20 Å². The molecule has 0 radical (unpaired) electrons. The third kappa shape index (κ3) is 3.47. The van der Waals surface area contributed by atoms with Crippen molar-refractivity contribution >= 4 is 21.1 Å². The minimum atomic E-state index is -3.80. The molecule has 9 heteroatoms. The monoisotopic (exact) mass is 464 g/mol.